The van der Waals surface area contributed by atoms with Gasteiger partial charge in [0.15, 0.2) is 0 Å². The number of nitrogens with one attached hydrogen (secondary N) is 2. The molecular formula is C36H51FN4O4. The molecule has 8 nitrogen and oxygen atoms in total. The molecule has 0 bridgehead atoms. The Morgan fingerprint density at radius 1 is 0.933 bits per heavy atom. The van der Waals surface area contributed by atoms with Crippen LogP contribution in [0, 0.1) is 11.7 Å². The molecule has 3 aromatic rings. The number of methoxy groups -OCH3 is 1. The third-order valence-corrected chi connectivity index (χ3v) is 6.61. The Morgan fingerprint density at radius 3 is 2.02 bits per heavy atom. The molecule has 2 unspecified atom stereocenters. The minimum absolute atomic E-state index is 0.0947. The summed E-state index contributed by atoms with van der Waals surface area (Å²) in [5.74, 6) is 0.182. The number of rotatable bonds is 14. The maximum Gasteiger partial charge on any atom is 0.254 e. The molecule has 0 saturated heterocycles. The Morgan fingerprint density at radius 2 is 1.51 bits per heavy atom. The molecule has 0 heterocycles. The van der Waals surface area contributed by atoms with Gasteiger partial charge >= 0.3 is 0 Å². The Hall–Kier alpha value is -4.24. The van der Waals surface area contributed by atoms with E-state index in [0.717, 1.165) is 24.8 Å². The summed E-state index contributed by atoms with van der Waals surface area (Å²) < 4.78 is 17.6. The minimum Gasteiger partial charge on any atom is -0.497 e. The standard InChI is InChI=1S/C27H39N3O3.C7H6FNO.C2H6/c1-6-13-30(14-7-2)27(32)22-16-21(17-23(18-22)33-5)26(31)29-25(24(28)15-19(3)4)20-11-9-8-10-12-20;8-6-1-3-7(4-2-6)9-5-10;1-2/h8-12,16-19,24-25H,6-7,13-15,28H2,1-5H3,(H,29,31);1-5H,(H,9,10);1-2H3. The summed E-state index contributed by atoms with van der Waals surface area (Å²) >= 11 is 0. The summed E-state index contributed by atoms with van der Waals surface area (Å²) in [5, 5.41) is 5.49. The third-order valence-electron chi connectivity index (χ3n) is 6.61. The fourth-order valence-corrected chi connectivity index (χ4v) is 4.63. The molecule has 0 radical (unpaired) electrons. The Bertz CT molecular complexity index is 1280. The van der Waals surface area contributed by atoms with Gasteiger partial charge in [-0.2, -0.15) is 0 Å². The Balaban J connectivity index is 0.000000707. The van der Waals surface area contributed by atoms with Crippen LogP contribution in [0.2, 0.25) is 0 Å². The lowest BCUT2D eigenvalue weighted by atomic mass is 9.92. The van der Waals surface area contributed by atoms with E-state index >= 15 is 0 Å². The smallest absolute Gasteiger partial charge is 0.254 e. The fraction of sp³-hybridized carbons (Fsp3) is 0.417. The molecule has 3 aromatic carbocycles. The first-order valence-electron chi connectivity index (χ1n) is 15.7. The van der Waals surface area contributed by atoms with Gasteiger partial charge in [-0.15, -0.1) is 0 Å². The summed E-state index contributed by atoms with van der Waals surface area (Å²) in [6, 6.07) is 19.7. The lowest BCUT2D eigenvalue weighted by molar-refractivity contribution is -0.105. The van der Waals surface area contributed by atoms with Crippen LogP contribution >= 0.6 is 0 Å². The summed E-state index contributed by atoms with van der Waals surface area (Å²) in [6.45, 7) is 13.7. The number of nitrogens with two attached hydrogens (primary N) is 1. The zero-order valence-corrected chi connectivity index (χ0v) is 27.8. The molecule has 246 valence electrons. The predicted octanol–water partition coefficient (Wildman–Crippen LogP) is 7.22. The number of carbonyl (C=O) groups is 3. The van der Waals surface area contributed by atoms with E-state index in [2.05, 4.69) is 24.5 Å². The van der Waals surface area contributed by atoms with Crippen LogP contribution in [-0.2, 0) is 4.79 Å². The van der Waals surface area contributed by atoms with Gasteiger partial charge < -0.3 is 26.0 Å². The van der Waals surface area contributed by atoms with Crippen molar-refractivity contribution >= 4 is 23.9 Å². The van der Waals surface area contributed by atoms with E-state index in [4.69, 9.17) is 10.5 Å². The number of nitrogens with zero attached hydrogens (tertiary/aromatic N) is 1. The Kier molecular flexibility index (Phi) is 18.5. The first-order chi connectivity index (χ1) is 21.6. The van der Waals surface area contributed by atoms with Gasteiger partial charge in [-0.1, -0.05) is 71.9 Å². The van der Waals surface area contributed by atoms with Crippen LogP contribution < -0.4 is 21.1 Å². The summed E-state index contributed by atoms with van der Waals surface area (Å²) in [7, 11) is 1.53. The van der Waals surface area contributed by atoms with Gasteiger partial charge in [0.1, 0.15) is 11.6 Å². The maximum atomic E-state index is 13.3. The van der Waals surface area contributed by atoms with Gasteiger partial charge in [0.25, 0.3) is 11.8 Å². The number of hydrogen-bond donors (Lipinski definition) is 3. The van der Waals surface area contributed by atoms with E-state index in [-0.39, 0.29) is 29.7 Å². The molecular weight excluding hydrogens is 571 g/mol. The number of ether oxygens (including phenoxy) is 1. The number of halogens is 1. The first-order valence-corrected chi connectivity index (χ1v) is 15.7. The highest BCUT2D eigenvalue weighted by Crippen LogP contribution is 2.23. The van der Waals surface area contributed by atoms with Crippen molar-refractivity contribution < 1.29 is 23.5 Å². The van der Waals surface area contributed by atoms with E-state index in [1.165, 1.54) is 31.4 Å². The largest absolute Gasteiger partial charge is 0.497 e. The zero-order chi connectivity index (χ0) is 33.8. The van der Waals surface area contributed by atoms with Crippen molar-refractivity contribution in [1.29, 1.82) is 0 Å². The second-order valence-electron chi connectivity index (χ2n) is 10.7. The van der Waals surface area contributed by atoms with Crippen molar-refractivity contribution in [1.82, 2.24) is 10.2 Å². The molecule has 3 rings (SSSR count). The van der Waals surface area contributed by atoms with Crippen LogP contribution in [0.4, 0.5) is 10.1 Å². The lowest BCUT2D eigenvalue weighted by Gasteiger charge is -2.27. The van der Waals surface area contributed by atoms with Gasteiger partial charge in [-0.05, 0) is 73.2 Å². The molecule has 2 atom stereocenters. The number of carbonyl (C=O) groups excluding carboxylic acids is 3. The van der Waals surface area contributed by atoms with Crippen LogP contribution in [-0.4, -0.2) is 49.4 Å². The van der Waals surface area contributed by atoms with E-state index in [0.29, 0.717) is 48.0 Å². The highest BCUT2D eigenvalue weighted by molar-refractivity contribution is 6.00. The summed E-state index contributed by atoms with van der Waals surface area (Å²) in [4.78, 5) is 38.2. The molecule has 45 heavy (non-hydrogen) atoms. The first kappa shape index (κ1) is 38.8. The molecule has 0 saturated carbocycles. The van der Waals surface area contributed by atoms with Crippen molar-refractivity contribution in [3.05, 3.63) is 95.3 Å². The number of amides is 3. The monoisotopic (exact) mass is 622 g/mol. The molecule has 3 amide bonds. The van der Waals surface area contributed by atoms with E-state index in [9.17, 15) is 18.8 Å². The summed E-state index contributed by atoms with van der Waals surface area (Å²) in [5.41, 5.74) is 8.89. The number of anilines is 1. The Labute approximate surface area is 268 Å². The average molecular weight is 623 g/mol. The van der Waals surface area contributed by atoms with E-state index in [1.54, 1.807) is 18.2 Å². The van der Waals surface area contributed by atoms with Crippen molar-refractivity contribution in [2.24, 2.45) is 11.7 Å². The quantitative estimate of drug-likeness (QED) is 0.164. The molecule has 0 aliphatic rings. The highest BCUT2D eigenvalue weighted by atomic mass is 19.1. The van der Waals surface area contributed by atoms with Crippen LogP contribution in [0.25, 0.3) is 0 Å². The van der Waals surface area contributed by atoms with Crippen molar-refractivity contribution in [2.75, 3.05) is 25.5 Å². The zero-order valence-electron chi connectivity index (χ0n) is 27.8. The minimum atomic E-state index is -0.344. The van der Waals surface area contributed by atoms with Gasteiger partial charge in [-0.25, -0.2) is 4.39 Å². The van der Waals surface area contributed by atoms with Crippen LogP contribution in [0.15, 0.2) is 72.8 Å². The predicted molar refractivity (Wildman–Crippen MR) is 181 cm³/mol. The molecule has 0 aromatic heterocycles. The molecule has 0 fully saturated rings. The molecule has 4 N–H and O–H groups in total. The number of benzene rings is 3. The normalized spacial score (nSPS) is 11.5. The van der Waals surface area contributed by atoms with Crippen LogP contribution in [0.3, 0.4) is 0 Å². The van der Waals surface area contributed by atoms with Gasteiger partial charge in [0.05, 0.1) is 13.2 Å². The highest BCUT2D eigenvalue weighted by Gasteiger charge is 2.25. The van der Waals surface area contributed by atoms with Crippen LogP contribution in [0.1, 0.15) is 93.1 Å². The molecule has 9 heteroatoms. The van der Waals surface area contributed by atoms with Gasteiger partial charge in [0.2, 0.25) is 6.41 Å². The van der Waals surface area contributed by atoms with Crippen LogP contribution in [0.5, 0.6) is 5.75 Å². The molecule has 0 aliphatic carbocycles. The topological polar surface area (TPSA) is 114 Å². The second kappa shape index (κ2) is 21.5. The van der Waals surface area contributed by atoms with E-state index < -0.39 is 0 Å². The lowest BCUT2D eigenvalue weighted by Crippen LogP contribution is -2.41. The maximum absolute atomic E-state index is 13.3. The fourth-order valence-electron chi connectivity index (χ4n) is 4.63. The third kappa shape index (κ3) is 13.5. The molecule has 0 aliphatic heterocycles. The SMILES string of the molecule is CC.CCCN(CCC)C(=O)c1cc(OC)cc(C(=O)NC(c2ccccc2)C(N)CC(C)C)c1.O=CNc1ccc(F)cc1. The van der Waals surface area contributed by atoms with Crippen molar-refractivity contribution in [3.8, 4) is 5.75 Å². The van der Waals surface area contributed by atoms with Crippen molar-refractivity contribution in [3.63, 3.8) is 0 Å². The van der Waals surface area contributed by atoms with E-state index in [1.807, 2.05) is 62.9 Å². The van der Waals surface area contributed by atoms with Crippen molar-refractivity contribution in [2.45, 2.75) is 72.9 Å². The molecule has 0 spiro atoms. The number of hydrogen-bond acceptors (Lipinski definition) is 5. The van der Waals surface area contributed by atoms with Gasteiger partial charge in [0, 0.05) is 35.9 Å². The summed E-state index contributed by atoms with van der Waals surface area (Å²) in [6.07, 6.45) is 3.06. The van der Waals surface area contributed by atoms with Gasteiger partial charge in [-0.3, -0.25) is 14.4 Å². The second-order valence-corrected chi connectivity index (χ2v) is 10.7. The average Bonchev–Trinajstić information content (AvgIpc) is 3.05.